The normalized spacial score (nSPS) is 10.5. The summed E-state index contributed by atoms with van der Waals surface area (Å²) in [4.78, 5) is 19.8. The van der Waals surface area contributed by atoms with Crippen molar-refractivity contribution >= 4 is 34.0 Å². The summed E-state index contributed by atoms with van der Waals surface area (Å²) in [6, 6.07) is 8.08. The number of carbonyl (C=O) groups excluding carboxylic acids is 1. The zero-order valence-corrected chi connectivity index (χ0v) is 13.7. The lowest BCUT2D eigenvalue weighted by Gasteiger charge is -2.02. The molecule has 2 heterocycles. The van der Waals surface area contributed by atoms with E-state index in [1.165, 1.54) is 34.9 Å². The number of nitrogens with one attached hydrogen (secondary N) is 1. The van der Waals surface area contributed by atoms with Crippen LogP contribution in [-0.4, -0.2) is 26.1 Å². The van der Waals surface area contributed by atoms with E-state index in [-0.39, 0.29) is 10.8 Å². The second kappa shape index (κ2) is 6.80. The van der Waals surface area contributed by atoms with Gasteiger partial charge in [-0.25, -0.2) is 9.97 Å². The highest BCUT2D eigenvalue weighted by atomic mass is 35.5. The molecule has 0 spiro atoms. The minimum atomic E-state index is -0.457. The van der Waals surface area contributed by atoms with E-state index < -0.39 is 5.91 Å². The third-order valence-corrected chi connectivity index (χ3v) is 4.27. The van der Waals surface area contributed by atoms with Crippen molar-refractivity contribution in [2.75, 3.05) is 5.32 Å². The van der Waals surface area contributed by atoms with Crippen molar-refractivity contribution in [2.24, 2.45) is 0 Å². The Kier molecular flexibility index (Phi) is 4.59. The Bertz CT molecular complexity index is 851. The largest absolute Gasteiger partial charge is 0.295 e. The molecule has 0 fully saturated rings. The van der Waals surface area contributed by atoms with Gasteiger partial charge in [0.1, 0.15) is 5.01 Å². The molecule has 0 aliphatic rings. The van der Waals surface area contributed by atoms with Gasteiger partial charge in [-0.2, -0.15) is 0 Å². The molecule has 0 saturated carbocycles. The first-order valence-electron chi connectivity index (χ1n) is 6.78. The van der Waals surface area contributed by atoms with Crippen molar-refractivity contribution in [1.29, 1.82) is 0 Å². The lowest BCUT2D eigenvalue weighted by atomic mass is 10.1. The number of aryl methyl sites for hydroxylation is 1. The summed E-state index contributed by atoms with van der Waals surface area (Å²) in [5.41, 5.74) is 2.43. The second-order valence-corrected chi connectivity index (χ2v) is 6.17. The number of hydrogen-bond donors (Lipinski definition) is 1. The highest BCUT2D eigenvalue weighted by Crippen LogP contribution is 2.21. The molecule has 0 aliphatic carbocycles. The van der Waals surface area contributed by atoms with Crippen molar-refractivity contribution in [2.45, 2.75) is 13.3 Å². The molecule has 0 aliphatic heterocycles. The lowest BCUT2D eigenvalue weighted by molar-refractivity contribution is 0.102. The molecule has 1 aromatic carbocycles. The fourth-order valence-corrected chi connectivity index (χ4v) is 2.93. The van der Waals surface area contributed by atoms with E-state index in [2.05, 4.69) is 38.5 Å². The molecule has 3 rings (SSSR count). The van der Waals surface area contributed by atoms with Crippen molar-refractivity contribution < 1.29 is 4.79 Å². The third kappa shape index (κ3) is 3.69. The molecule has 3 aromatic rings. The van der Waals surface area contributed by atoms with E-state index in [0.717, 1.165) is 5.01 Å². The average Bonchev–Trinajstić information content (AvgIpc) is 2.97. The number of carbonyl (C=O) groups is 1. The van der Waals surface area contributed by atoms with E-state index in [4.69, 9.17) is 11.6 Å². The molecule has 1 amide bonds. The summed E-state index contributed by atoms with van der Waals surface area (Å²) < 4.78 is 0. The molecule has 0 saturated heterocycles. The predicted molar refractivity (Wildman–Crippen MR) is 88.9 cm³/mol. The van der Waals surface area contributed by atoms with Crippen LogP contribution in [0, 0.1) is 6.92 Å². The first kappa shape index (κ1) is 15.5. The molecule has 0 atom stereocenters. The quantitative estimate of drug-likeness (QED) is 0.785. The van der Waals surface area contributed by atoms with Gasteiger partial charge >= 0.3 is 0 Å². The highest BCUT2D eigenvalue weighted by Gasteiger charge is 2.15. The first-order valence-corrected chi connectivity index (χ1v) is 7.97. The van der Waals surface area contributed by atoms with Crippen LogP contribution in [0.25, 0.3) is 0 Å². The Morgan fingerprint density at radius 1 is 1.22 bits per heavy atom. The molecule has 0 radical (unpaired) electrons. The number of benzene rings is 1. The SMILES string of the molecule is Cc1ccccc1Cc1nnc(NC(=O)c2nccnc2Cl)s1. The van der Waals surface area contributed by atoms with E-state index in [0.29, 0.717) is 11.6 Å². The van der Waals surface area contributed by atoms with Crippen molar-refractivity contribution in [3.05, 3.63) is 63.6 Å². The molecule has 1 N–H and O–H groups in total. The van der Waals surface area contributed by atoms with Gasteiger partial charge in [-0.1, -0.05) is 47.2 Å². The number of anilines is 1. The monoisotopic (exact) mass is 345 g/mol. The maximum absolute atomic E-state index is 12.1. The maximum atomic E-state index is 12.1. The smallest absolute Gasteiger partial charge is 0.279 e. The fraction of sp³-hybridized carbons (Fsp3) is 0.133. The highest BCUT2D eigenvalue weighted by molar-refractivity contribution is 7.15. The number of halogens is 1. The zero-order chi connectivity index (χ0) is 16.2. The molecular weight excluding hydrogens is 334 g/mol. The van der Waals surface area contributed by atoms with Crippen LogP contribution in [0.15, 0.2) is 36.7 Å². The Balaban J connectivity index is 1.72. The van der Waals surface area contributed by atoms with E-state index in [1.54, 1.807) is 0 Å². The molecule has 0 bridgehead atoms. The van der Waals surface area contributed by atoms with Crippen LogP contribution in [0.3, 0.4) is 0 Å². The van der Waals surface area contributed by atoms with Gasteiger partial charge in [0.05, 0.1) is 0 Å². The summed E-state index contributed by atoms with van der Waals surface area (Å²) in [7, 11) is 0. The molecular formula is C15H12ClN5OS. The minimum Gasteiger partial charge on any atom is -0.295 e. The van der Waals surface area contributed by atoms with Crippen LogP contribution in [0.5, 0.6) is 0 Å². The summed E-state index contributed by atoms with van der Waals surface area (Å²) >= 11 is 7.17. The van der Waals surface area contributed by atoms with Gasteiger partial charge < -0.3 is 0 Å². The molecule has 2 aromatic heterocycles. The van der Waals surface area contributed by atoms with Gasteiger partial charge in [-0.3, -0.25) is 10.1 Å². The summed E-state index contributed by atoms with van der Waals surface area (Å²) in [5, 5.41) is 12.0. The van der Waals surface area contributed by atoms with Gasteiger partial charge in [-0.15, -0.1) is 10.2 Å². The molecule has 0 unspecified atom stereocenters. The summed E-state index contributed by atoms with van der Waals surface area (Å²) in [6.07, 6.45) is 3.50. The Morgan fingerprint density at radius 3 is 2.78 bits per heavy atom. The van der Waals surface area contributed by atoms with Gasteiger partial charge in [0.2, 0.25) is 5.13 Å². The van der Waals surface area contributed by atoms with Crippen LogP contribution in [-0.2, 0) is 6.42 Å². The van der Waals surface area contributed by atoms with Gasteiger partial charge in [0.15, 0.2) is 10.8 Å². The molecule has 23 heavy (non-hydrogen) atoms. The van der Waals surface area contributed by atoms with Gasteiger partial charge in [0, 0.05) is 18.8 Å². The third-order valence-electron chi connectivity index (χ3n) is 3.16. The predicted octanol–water partition coefficient (Wildman–Crippen LogP) is 3.13. The van der Waals surface area contributed by atoms with Crippen molar-refractivity contribution in [3.63, 3.8) is 0 Å². The van der Waals surface area contributed by atoms with Crippen molar-refractivity contribution in [3.8, 4) is 0 Å². The van der Waals surface area contributed by atoms with Crippen LogP contribution < -0.4 is 5.32 Å². The number of nitrogens with zero attached hydrogens (tertiary/aromatic N) is 4. The first-order chi connectivity index (χ1) is 11.1. The van der Waals surface area contributed by atoms with Crippen LogP contribution in [0.2, 0.25) is 5.15 Å². The number of rotatable bonds is 4. The standard InChI is InChI=1S/C15H12ClN5OS/c1-9-4-2-3-5-10(9)8-11-20-21-15(23-11)19-14(22)12-13(16)18-7-6-17-12/h2-7H,8H2,1H3,(H,19,21,22). The number of aromatic nitrogens is 4. The fourth-order valence-electron chi connectivity index (χ4n) is 1.98. The maximum Gasteiger partial charge on any atom is 0.279 e. The van der Waals surface area contributed by atoms with E-state index in [9.17, 15) is 4.79 Å². The Hall–Kier alpha value is -2.38. The minimum absolute atomic E-state index is 0.0506. The lowest BCUT2D eigenvalue weighted by Crippen LogP contribution is -2.14. The zero-order valence-electron chi connectivity index (χ0n) is 12.2. The van der Waals surface area contributed by atoms with Gasteiger partial charge in [0.25, 0.3) is 5.91 Å². The summed E-state index contributed by atoms with van der Waals surface area (Å²) in [5.74, 6) is -0.457. The average molecular weight is 346 g/mol. The van der Waals surface area contributed by atoms with E-state index in [1.807, 2.05) is 18.2 Å². The molecule has 8 heteroatoms. The second-order valence-electron chi connectivity index (χ2n) is 4.75. The number of amides is 1. The van der Waals surface area contributed by atoms with Crippen LogP contribution in [0.1, 0.15) is 26.6 Å². The Labute approximate surface area is 141 Å². The van der Waals surface area contributed by atoms with Gasteiger partial charge in [-0.05, 0) is 18.1 Å². The van der Waals surface area contributed by atoms with Crippen LogP contribution >= 0.6 is 22.9 Å². The molecule has 116 valence electrons. The topological polar surface area (TPSA) is 80.7 Å². The van der Waals surface area contributed by atoms with Crippen LogP contribution in [0.4, 0.5) is 5.13 Å². The molecule has 6 nitrogen and oxygen atoms in total. The summed E-state index contributed by atoms with van der Waals surface area (Å²) in [6.45, 7) is 2.05. The van der Waals surface area contributed by atoms with E-state index >= 15 is 0 Å². The van der Waals surface area contributed by atoms with Crippen molar-refractivity contribution in [1.82, 2.24) is 20.2 Å². The Morgan fingerprint density at radius 2 is 2.00 bits per heavy atom. The number of hydrogen-bond acceptors (Lipinski definition) is 6.